The molecule has 0 unspecified atom stereocenters. The number of anilines is 1. The summed E-state index contributed by atoms with van der Waals surface area (Å²) in [5, 5.41) is 2.66. The Morgan fingerprint density at radius 1 is 1.31 bits per heavy atom. The molecule has 3 N–H and O–H groups in total. The second-order valence-corrected chi connectivity index (χ2v) is 3.95. The van der Waals surface area contributed by atoms with E-state index in [0.717, 1.165) is 25.3 Å². The van der Waals surface area contributed by atoms with Gasteiger partial charge in [-0.1, -0.05) is 0 Å². The highest BCUT2D eigenvalue weighted by molar-refractivity contribution is 5.95. The highest BCUT2D eigenvalue weighted by atomic mass is 19.1. The third-order valence-electron chi connectivity index (χ3n) is 2.77. The Labute approximate surface area is 91.6 Å². The number of hydrogen-bond donors (Lipinski definition) is 2. The van der Waals surface area contributed by atoms with E-state index >= 15 is 0 Å². The van der Waals surface area contributed by atoms with Gasteiger partial charge in [0.25, 0.3) is 5.91 Å². The number of halogens is 2. The van der Waals surface area contributed by atoms with E-state index in [1.807, 2.05) is 0 Å². The number of nitrogens with two attached hydrogens (primary N) is 1. The van der Waals surface area contributed by atoms with Crippen molar-refractivity contribution in [3.05, 3.63) is 29.3 Å². The first-order valence-corrected chi connectivity index (χ1v) is 5.13. The number of hydrogen-bond acceptors (Lipinski definition) is 2. The van der Waals surface area contributed by atoms with E-state index in [4.69, 9.17) is 5.73 Å². The van der Waals surface area contributed by atoms with Crippen LogP contribution >= 0.6 is 0 Å². The van der Waals surface area contributed by atoms with E-state index in [9.17, 15) is 13.6 Å². The van der Waals surface area contributed by atoms with Crippen LogP contribution in [0.2, 0.25) is 0 Å². The van der Waals surface area contributed by atoms with Crippen molar-refractivity contribution in [2.75, 3.05) is 5.73 Å². The van der Waals surface area contributed by atoms with Crippen LogP contribution in [0.25, 0.3) is 0 Å². The minimum atomic E-state index is -0.886. The predicted molar refractivity (Wildman–Crippen MR) is 55.9 cm³/mol. The molecule has 0 aromatic heterocycles. The van der Waals surface area contributed by atoms with Crippen LogP contribution in [-0.2, 0) is 0 Å². The SMILES string of the molecule is Nc1cc(C(=O)NC2CCC2)c(F)cc1F. The molecule has 1 aromatic rings. The van der Waals surface area contributed by atoms with Crippen molar-refractivity contribution >= 4 is 11.6 Å². The molecule has 0 spiro atoms. The van der Waals surface area contributed by atoms with Gasteiger partial charge in [-0.15, -0.1) is 0 Å². The minimum Gasteiger partial charge on any atom is -0.396 e. The van der Waals surface area contributed by atoms with Gasteiger partial charge in [-0.2, -0.15) is 0 Å². The van der Waals surface area contributed by atoms with E-state index in [0.29, 0.717) is 6.07 Å². The molecule has 1 amide bonds. The molecule has 1 saturated carbocycles. The summed E-state index contributed by atoms with van der Waals surface area (Å²) in [6.07, 6.45) is 2.88. The summed E-state index contributed by atoms with van der Waals surface area (Å²) in [6, 6.07) is 1.77. The molecular formula is C11H12F2N2O. The quantitative estimate of drug-likeness (QED) is 0.756. The van der Waals surface area contributed by atoms with Crippen molar-refractivity contribution in [1.29, 1.82) is 0 Å². The fraction of sp³-hybridized carbons (Fsp3) is 0.364. The highest BCUT2D eigenvalue weighted by Gasteiger charge is 2.22. The number of rotatable bonds is 2. The van der Waals surface area contributed by atoms with Crippen LogP contribution in [-0.4, -0.2) is 11.9 Å². The standard InChI is InChI=1S/C11H12F2N2O/c12-8-5-9(13)10(14)4-7(8)11(16)15-6-2-1-3-6/h4-6H,1-3,14H2,(H,15,16). The molecule has 1 aliphatic rings. The zero-order valence-corrected chi connectivity index (χ0v) is 8.59. The van der Waals surface area contributed by atoms with Crippen molar-refractivity contribution in [2.24, 2.45) is 0 Å². The van der Waals surface area contributed by atoms with Gasteiger partial charge < -0.3 is 11.1 Å². The molecule has 16 heavy (non-hydrogen) atoms. The topological polar surface area (TPSA) is 55.1 Å². The third kappa shape index (κ3) is 1.98. The van der Waals surface area contributed by atoms with Crippen LogP contribution in [0.5, 0.6) is 0 Å². The van der Waals surface area contributed by atoms with Gasteiger partial charge in [0.2, 0.25) is 0 Å². The Kier molecular flexibility index (Phi) is 2.77. The number of carbonyl (C=O) groups is 1. The van der Waals surface area contributed by atoms with E-state index < -0.39 is 17.5 Å². The van der Waals surface area contributed by atoms with Crippen molar-refractivity contribution in [1.82, 2.24) is 5.32 Å². The van der Waals surface area contributed by atoms with Gasteiger partial charge in [0.05, 0.1) is 11.3 Å². The molecule has 2 rings (SSSR count). The summed E-state index contributed by atoms with van der Waals surface area (Å²) in [5.74, 6) is -2.27. The second-order valence-electron chi connectivity index (χ2n) is 3.95. The zero-order valence-electron chi connectivity index (χ0n) is 8.59. The molecular weight excluding hydrogens is 214 g/mol. The lowest BCUT2D eigenvalue weighted by Crippen LogP contribution is -2.39. The lowest BCUT2D eigenvalue weighted by atomic mass is 9.93. The predicted octanol–water partition coefficient (Wildman–Crippen LogP) is 1.83. The molecule has 1 aromatic carbocycles. The van der Waals surface area contributed by atoms with Gasteiger partial charge in [-0.25, -0.2) is 8.78 Å². The lowest BCUT2D eigenvalue weighted by molar-refractivity contribution is 0.0913. The Bertz CT molecular complexity index is 430. The normalized spacial score (nSPS) is 15.6. The van der Waals surface area contributed by atoms with Gasteiger partial charge in [0, 0.05) is 12.1 Å². The second kappa shape index (κ2) is 4.08. The van der Waals surface area contributed by atoms with Crippen molar-refractivity contribution in [2.45, 2.75) is 25.3 Å². The molecule has 0 bridgehead atoms. The first kappa shape index (κ1) is 10.9. The van der Waals surface area contributed by atoms with Crippen LogP contribution in [0.4, 0.5) is 14.5 Å². The summed E-state index contributed by atoms with van der Waals surface area (Å²) in [6.45, 7) is 0. The average molecular weight is 226 g/mol. The van der Waals surface area contributed by atoms with Crippen LogP contribution in [0.15, 0.2) is 12.1 Å². The molecule has 86 valence electrons. The van der Waals surface area contributed by atoms with E-state index in [1.165, 1.54) is 0 Å². The van der Waals surface area contributed by atoms with Crippen molar-refractivity contribution in [3.8, 4) is 0 Å². The number of benzene rings is 1. The van der Waals surface area contributed by atoms with E-state index in [1.54, 1.807) is 0 Å². The summed E-state index contributed by atoms with van der Waals surface area (Å²) < 4.78 is 26.2. The minimum absolute atomic E-state index is 0.109. The van der Waals surface area contributed by atoms with Crippen molar-refractivity contribution < 1.29 is 13.6 Å². The molecule has 0 aliphatic heterocycles. The summed E-state index contributed by atoms with van der Waals surface area (Å²) >= 11 is 0. The number of amides is 1. The molecule has 0 saturated heterocycles. The largest absolute Gasteiger partial charge is 0.396 e. The summed E-state index contributed by atoms with van der Waals surface area (Å²) in [7, 11) is 0. The smallest absolute Gasteiger partial charge is 0.254 e. The Morgan fingerprint density at radius 3 is 2.56 bits per heavy atom. The van der Waals surface area contributed by atoms with Gasteiger partial charge in [-0.3, -0.25) is 4.79 Å². The van der Waals surface area contributed by atoms with Gasteiger partial charge >= 0.3 is 0 Å². The highest BCUT2D eigenvalue weighted by Crippen LogP contribution is 2.20. The van der Waals surface area contributed by atoms with Gasteiger partial charge in [-0.05, 0) is 25.3 Å². The fourth-order valence-corrected chi connectivity index (χ4v) is 1.56. The number of carbonyl (C=O) groups excluding carboxylic acids is 1. The average Bonchev–Trinajstić information content (AvgIpc) is 2.17. The Morgan fingerprint density at radius 2 is 2.00 bits per heavy atom. The lowest BCUT2D eigenvalue weighted by Gasteiger charge is -2.26. The maximum absolute atomic E-state index is 13.3. The van der Waals surface area contributed by atoms with Crippen molar-refractivity contribution in [3.63, 3.8) is 0 Å². The Hall–Kier alpha value is -1.65. The van der Waals surface area contributed by atoms with E-state index in [-0.39, 0.29) is 17.3 Å². The van der Waals surface area contributed by atoms with E-state index in [2.05, 4.69) is 5.32 Å². The number of nitrogen functional groups attached to an aromatic ring is 1. The molecule has 0 heterocycles. The third-order valence-corrected chi connectivity index (χ3v) is 2.77. The maximum Gasteiger partial charge on any atom is 0.254 e. The number of nitrogens with one attached hydrogen (secondary N) is 1. The first-order valence-electron chi connectivity index (χ1n) is 5.13. The molecule has 0 atom stereocenters. The van der Waals surface area contributed by atoms with Crippen LogP contribution in [0.3, 0.4) is 0 Å². The molecule has 1 aliphatic carbocycles. The summed E-state index contributed by atoms with van der Waals surface area (Å²) in [5.41, 5.74) is 4.86. The van der Waals surface area contributed by atoms with Crippen LogP contribution in [0, 0.1) is 11.6 Å². The molecule has 1 fully saturated rings. The Balaban J connectivity index is 2.18. The van der Waals surface area contributed by atoms with Crippen LogP contribution in [0.1, 0.15) is 29.6 Å². The maximum atomic E-state index is 13.3. The van der Waals surface area contributed by atoms with Gasteiger partial charge in [0.1, 0.15) is 11.6 Å². The molecule has 3 nitrogen and oxygen atoms in total. The monoisotopic (exact) mass is 226 g/mol. The molecule has 0 radical (unpaired) electrons. The van der Waals surface area contributed by atoms with Crippen LogP contribution < -0.4 is 11.1 Å². The molecule has 5 heteroatoms. The first-order chi connectivity index (χ1) is 7.58. The zero-order chi connectivity index (χ0) is 11.7. The fourth-order valence-electron chi connectivity index (χ4n) is 1.56. The van der Waals surface area contributed by atoms with Gasteiger partial charge in [0.15, 0.2) is 0 Å². The summed E-state index contributed by atoms with van der Waals surface area (Å²) in [4.78, 5) is 11.6.